The van der Waals surface area contributed by atoms with Gasteiger partial charge in [-0.1, -0.05) is 83.8 Å². The van der Waals surface area contributed by atoms with E-state index in [1.807, 2.05) is 67.6 Å². The number of ketones is 1. The average Bonchev–Trinajstić information content (AvgIpc) is 3.08. The van der Waals surface area contributed by atoms with E-state index in [4.69, 9.17) is 0 Å². The van der Waals surface area contributed by atoms with Gasteiger partial charge in [-0.15, -0.1) is 10.2 Å². The Morgan fingerprint density at radius 3 is 2.42 bits per heavy atom. The molecular weight excluding hydrogens is 338 g/mol. The van der Waals surface area contributed by atoms with Crippen LogP contribution in [0.3, 0.4) is 0 Å². The zero-order chi connectivity index (χ0) is 16.8. The Kier molecular flexibility index (Phi) is 5.61. The summed E-state index contributed by atoms with van der Waals surface area (Å²) in [4.78, 5) is 13.0. The van der Waals surface area contributed by atoms with E-state index in [1.165, 1.54) is 23.1 Å². The Morgan fingerprint density at radius 2 is 1.75 bits per heavy atom. The first kappa shape index (κ1) is 16.7. The van der Waals surface area contributed by atoms with Gasteiger partial charge in [-0.2, -0.15) is 0 Å². The van der Waals surface area contributed by atoms with Gasteiger partial charge in [0.2, 0.25) is 5.13 Å². The summed E-state index contributed by atoms with van der Waals surface area (Å²) in [6.07, 6.45) is 0. The molecule has 3 aromatic rings. The van der Waals surface area contributed by atoms with Crippen molar-refractivity contribution in [3.8, 4) is 0 Å². The van der Waals surface area contributed by atoms with Crippen molar-refractivity contribution in [2.45, 2.75) is 16.5 Å². The van der Waals surface area contributed by atoms with Crippen molar-refractivity contribution >= 4 is 34.0 Å². The first-order chi connectivity index (χ1) is 11.8. The van der Waals surface area contributed by atoms with Gasteiger partial charge in [0, 0.05) is 12.1 Å². The van der Waals surface area contributed by atoms with Gasteiger partial charge in [0.1, 0.15) is 0 Å². The summed E-state index contributed by atoms with van der Waals surface area (Å²) in [7, 11) is 0. The van der Waals surface area contributed by atoms with Crippen LogP contribution in [-0.4, -0.2) is 22.5 Å². The van der Waals surface area contributed by atoms with Crippen molar-refractivity contribution in [1.82, 2.24) is 10.2 Å². The number of anilines is 1. The third-order valence-electron chi connectivity index (χ3n) is 3.35. The lowest BCUT2D eigenvalue weighted by atomic mass is 10.0. The minimum Gasteiger partial charge on any atom is -0.360 e. The number of aromatic nitrogens is 2. The number of carbonyl (C=O) groups is 1. The van der Waals surface area contributed by atoms with Gasteiger partial charge in [0.05, 0.1) is 5.25 Å². The Morgan fingerprint density at radius 1 is 1.08 bits per heavy atom. The topological polar surface area (TPSA) is 54.9 Å². The summed E-state index contributed by atoms with van der Waals surface area (Å²) in [5.41, 5.74) is 1.67. The molecule has 0 radical (unpaired) electrons. The molecule has 1 N–H and O–H groups in total. The van der Waals surface area contributed by atoms with Crippen molar-refractivity contribution in [3.63, 3.8) is 0 Å². The SMILES string of the molecule is CCNc1nnc(S[C@H](C(=O)c2ccccc2)c2ccccc2)s1. The van der Waals surface area contributed by atoms with Crippen molar-refractivity contribution in [2.24, 2.45) is 0 Å². The normalized spacial score (nSPS) is 11.9. The van der Waals surface area contributed by atoms with E-state index in [0.717, 1.165) is 21.6 Å². The summed E-state index contributed by atoms with van der Waals surface area (Å²) in [6.45, 7) is 2.81. The Labute approximate surface area is 149 Å². The molecule has 0 saturated heterocycles. The number of nitrogens with one attached hydrogen (secondary N) is 1. The Bertz CT molecular complexity index is 790. The molecule has 0 spiro atoms. The highest BCUT2D eigenvalue weighted by Gasteiger charge is 2.24. The van der Waals surface area contributed by atoms with E-state index in [-0.39, 0.29) is 11.0 Å². The molecule has 1 atom stereocenters. The molecule has 0 unspecified atom stereocenters. The van der Waals surface area contributed by atoms with Crippen LogP contribution in [0.4, 0.5) is 5.13 Å². The van der Waals surface area contributed by atoms with E-state index in [1.54, 1.807) is 0 Å². The fourth-order valence-corrected chi connectivity index (χ4v) is 4.32. The molecule has 122 valence electrons. The van der Waals surface area contributed by atoms with Gasteiger partial charge in [-0.3, -0.25) is 4.79 Å². The van der Waals surface area contributed by atoms with E-state index in [9.17, 15) is 4.79 Å². The van der Waals surface area contributed by atoms with E-state index < -0.39 is 0 Å². The smallest absolute Gasteiger partial charge is 0.206 e. The van der Waals surface area contributed by atoms with Gasteiger partial charge in [-0.05, 0) is 12.5 Å². The van der Waals surface area contributed by atoms with Crippen molar-refractivity contribution in [1.29, 1.82) is 0 Å². The quantitative estimate of drug-likeness (QED) is 0.492. The molecule has 0 aliphatic rings. The number of benzene rings is 2. The van der Waals surface area contributed by atoms with Gasteiger partial charge in [0.25, 0.3) is 0 Å². The largest absolute Gasteiger partial charge is 0.360 e. The molecule has 0 bridgehead atoms. The van der Waals surface area contributed by atoms with E-state index in [2.05, 4.69) is 15.5 Å². The molecule has 1 aromatic heterocycles. The number of Topliss-reactive ketones (excluding diaryl/α,β-unsaturated/α-hetero) is 1. The lowest BCUT2D eigenvalue weighted by Gasteiger charge is -2.14. The van der Waals surface area contributed by atoms with E-state index in [0.29, 0.717) is 5.56 Å². The highest BCUT2D eigenvalue weighted by Crippen LogP contribution is 2.39. The first-order valence-corrected chi connectivity index (χ1v) is 9.35. The fraction of sp³-hybridized carbons (Fsp3) is 0.167. The maximum Gasteiger partial charge on any atom is 0.206 e. The van der Waals surface area contributed by atoms with Crippen molar-refractivity contribution in [3.05, 3.63) is 71.8 Å². The number of carbonyl (C=O) groups excluding carboxylic acids is 1. The van der Waals surface area contributed by atoms with Crippen LogP contribution in [0, 0.1) is 0 Å². The summed E-state index contributed by atoms with van der Waals surface area (Å²) in [5, 5.41) is 11.9. The second kappa shape index (κ2) is 8.08. The predicted octanol–water partition coefficient (Wildman–Crippen LogP) is 4.69. The molecule has 6 heteroatoms. The third kappa shape index (κ3) is 4.01. The van der Waals surface area contributed by atoms with Gasteiger partial charge >= 0.3 is 0 Å². The van der Waals surface area contributed by atoms with Crippen LogP contribution in [0.25, 0.3) is 0 Å². The fourth-order valence-electron chi connectivity index (χ4n) is 2.24. The van der Waals surface area contributed by atoms with E-state index >= 15 is 0 Å². The lowest BCUT2D eigenvalue weighted by Crippen LogP contribution is -2.09. The molecule has 0 fully saturated rings. The highest BCUT2D eigenvalue weighted by atomic mass is 32.2. The van der Waals surface area contributed by atoms with Gasteiger partial charge < -0.3 is 5.32 Å². The zero-order valence-electron chi connectivity index (χ0n) is 13.2. The molecule has 0 aliphatic heterocycles. The summed E-state index contributed by atoms with van der Waals surface area (Å²) >= 11 is 2.92. The monoisotopic (exact) mass is 355 g/mol. The molecule has 24 heavy (non-hydrogen) atoms. The molecular formula is C18H17N3OS2. The lowest BCUT2D eigenvalue weighted by molar-refractivity contribution is 0.0989. The number of nitrogens with zero attached hydrogens (tertiary/aromatic N) is 2. The van der Waals surface area contributed by atoms with Crippen LogP contribution in [0.1, 0.15) is 28.1 Å². The Hall–Kier alpha value is -2.18. The van der Waals surface area contributed by atoms with Gasteiger partial charge in [-0.25, -0.2) is 0 Å². The predicted molar refractivity (Wildman–Crippen MR) is 99.9 cm³/mol. The number of hydrogen-bond donors (Lipinski definition) is 1. The first-order valence-electron chi connectivity index (χ1n) is 7.66. The minimum atomic E-state index is -0.337. The molecule has 2 aromatic carbocycles. The van der Waals surface area contributed by atoms with Crippen LogP contribution in [-0.2, 0) is 0 Å². The molecule has 0 amide bonds. The van der Waals surface area contributed by atoms with Crippen molar-refractivity contribution < 1.29 is 4.79 Å². The second-order valence-corrected chi connectivity index (χ2v) is 7.37. The number of rotatable bonds is 7. The van der Waals surface area contributed by atoms with Crippen LogP contribution in [0.2, 0.25) is 0 Å². The minimum absolute atomic E-state index is 0.0759. The molecule has 0 saturated carbocycles. The summed E-state index contributed by atoms with van der Waals surface area (Å²) in [5.74, 6) is 0.0759. The number of hydrogen-bond acceptors (Lipinski definition) is 6. The maximum atomic E-state index is 13.0. The maximum absolute atomic E-state index is 13.0. The molecule has 3 rings (SSSR count). The molecule has 0 aliphatic carbocycles. The summed E-state index contributed by atoms with van der Waals surface area (Å²) < 4.78 is 0.782. The summed E-state index contributed by atoms with van der Waals surface area (Å²) in [6, 6.07) is 19.2. The van der Waals surface area contributed by atoms with Gasteiger partial charge in [0.15, 0.2) is 10.1 Å². The highest BCUT2D eigenvalue weighted by molar-refractivity contribution is 8.02. The van der Waals surface area contributed by atoms with Crippen LogP contribution < -0.4 is 5.32 Å². The second-order valence-electron chi connectivity index (χ2n) is 5.04. The van der Waals surface area contributed by atoms with Crippen LogP contribution >= 0.6 is 23.1 Å². The van der Waals surface area contributed by atoms with Crippen LogP contribution in [0.5, 0.6) is 0 Å². The number of thioether (sulfide) groups is 1. The van der Waals surface area contributed by atoms with Crippen LogP contribution in [0.15, 0.2) is 65.0 Å². The average molecular weight is 355 g/mol. The Balaban J connectivity index is 1.89. The van der Waals surface area contributed by atoms with Crippen molar-refractivity contribution in [2.75, 3.05) is 11.9 Å². The molecule has 1 heterocycles. The molecule has 4 nitrogen and oxygen atoms in total. The standard InChI is InChI=1S/C18H17N3OS2/c1-2-19-17-20-21-18(24-17)23-16(14-11-7-4-8-12-14)15(22)13-9-5-3-6-10-13/h3-12,16H,2H2,1H3,(H,19,20)/t16-/m0/s1. The third-order valence-corrected chi connectivity index (χ3v) is 5.57. The zero-order valence-corrected chi connectivity index (χ0v) is 14.8.